The van der Waals surface area contributed by atoms with Crippen molar-refractivity contribution in [3.8, 4) is 0 Å². The van der Waals surface area contributed by atoms with E-state index < -0.39 is 0 Å². The summed E-state index contributed by atoms with van der Waals surface area (Å²) in [6.07, 6.45) is 1.17. The predicted octanol–water partition coefficient (Wildman–Crippen LogP) is 3.38. The van der Waals surface area contributed by atoms with Gasteiger partial charge in [-0.2, -0.15) is 0 Å². The average Bonchev–Trinajstić information content (AvgIpc) is 3.01. The van der Waals surface area contributed by atoms with Crippen molar-refractivity contribution in [3.05, 3.63) is 57.3 Å². The summed E-state index contributed by atoms with van der Waals surface area (Å²) < 4.78 is 5.60. The lowest BCUT2D eigenvalue weighted by atomic mass is 10.2. The molecule has 2 heterocycles. The summed E-state index contributed by atoms with van der Waals surface area (Å²) in [4.78, 5) is 29.3. The molecule has 1 aromatic carbocycles. The summed E-state index contributed by atoms with van der Waals surface area (Å²) >= 11 is 9.21. The number of carbonyl (C=O) groups is 2. The van der Waals surface area contributed by atoms with Gasteiger partial charge in [-0.05, 0) is 39.7 Å². The average molecular weight is 411 g/mol. The van der Waals surface area contributed by atoms with Gasteiger partial charge in [0.15, 0.2) is 0 Å². The molecule has 1 N–H and O–H groups in total. The van der Waals surface area contributed by atoms with Gasteiger partial charge in [0.05, 0.1) is 12.1 Å². The van der Waals surface area contributed by atoms with Crippen molar-refractivity contribution in [2.24, 2.45) is 0 Å². The molecule has 0 atom stereocenters. The van der Waals surface area contributed by atoms with E-state index in [1.807, 2.05) is 24.3 Å². The van der Waals surface area contributed by atoms with Crippen LogP contribution in [0.2, 0.25) is 5.15 Å². The minimum Gasteiger partial charge on any atom is -0.447 e. The first kappa shape index (κ1) is 16.7. The lowest BCUT2D eigenvalue weighted by Crippen LogP contribution is -2.25. The monoisotopic (exact) mass is 409 g/mol. The van der Waals surface area contributed by atoms with Crippen LogP contribution < -0.4 is 10.2 Å². The summed E-state index contributed by atoms with van der Waals surface area (Å²) in [5, 5.41) is 2.94. The van der Waals surface area contributed by atoms with Gasteiger partial charge in [-0.15, -0.1) is 0 Å². The smallest absolute Gasteiger partial charge is 0.414 e. The number of cyclic esters (lactones) is 1. The fraction of sp³-hybridized carbons (Fsp3) is 0.188. The molecule has 0 bridgehead atoms. The van der Waals surface area contributed by atoms with Crippen LogP contribution in [0.1, 0.15) is 15.9 Å². The van der Waals surface area contributed by atoms with Gasteiger partial charge in [0, 0.05) is 22.9 Å². The van der Waals surface area contributed by atoms with E-state index in [1.165, 1.54) is 6.20 Å². The van der Waals surface area contributed by atoms with E-state index in [4.69, 9.17) is 16.3 Å². The Kier molecular flexibility index (Phi) is 5.01. The zero-order valence-corrected chi connectivity index (χ0v) is 14.8. The van der Waals surface area contributed by atoms with Crippen LogP contribution in [-0.4, -0.2) is 30.1 Å². The van der Waals surface area contributed by atoms with Crippen molar-refractivity contribution in [2.75, 3.05) is 18.1 Å². The Morgan fingerprint density at radius 2 is 2.25 bits per heavy atom. The molecule has 0 spiro atoms. The maximum absolute atomic E-state index is 12.2. The summed E-state index contributed by atoms with van der Waals surface area (Å²) in [6, 6.07) is 8.98. The van der Waals surface area contributed by atoms with Gasteiger partial charge in [0.25, 0.3) is 5.91 Å². The second kappa shape index (κ2) is 7.19. The molecule has 0 radical (unpaired) electrons. The van der Waals surface area contributed by atoms with E-state index in [0.29, 0.717) is 29.7 Å². The second-order valence-electron chi connectivity index (χ2n) is 5.11. The number of hydrogen-bond donors (Lipinski definition) is 1. The zero-order valence-electron chi connectivity index (χ0n) is 12.5. The molecular weight excluding hydrogens is 398 g/mol. The van der Waals surface area contributed by atoms with Crippen LogP contribution in [0.4, 0.5) is 10.5 Å². The molecule has 3 rings (SSSR count). The third-order valence-electron chi connectivity index (χ3n) is 3.49. The molecule has 6 nitrogen and oxygen atoms in total. The summed E-state index contributed by atoms with van der Waals surface area (Å²) in [5.74, 6) is -0.320. The summed E-state index contributed by atoms with van der Waals surface area (Å²) in [7, 11) is 0. The van der Waals surface area contributed by atoms with Gasteiger partial charge in [-0.1, -0.05) is 23.7 Å². The van der Waals surface area contributed by atoms with E-state index >= 15 is 0 Å². The third-order valence-corrected chi connectivity index (χ3v) is 4.22. The van der Waals surface area contributed by atoms with Crippen molar-refractivity contribution < 1.29 is 14.3 Å². The Morgan fingerprint density at radius 3 is 3.00 bits per heavy atom. The number of halogens is 2. The summed E-state index contributed by atoms with van der Waals surface area (Å²) in [6.45, 7) is 1.21. The second-order valence-corrected chi connectivity index (χ2v) is 6.38. The standard InChI is InChI=1S/C16H13BrClN3O3/c17-11-7-13(14(18)19-9-11)15(22)20-8-10-2-1-3-12(6-10)21-4-5-24-16(21)23/h1-3,6-7,9H,4-5,8H2,(H,20,22). The molecule has 124 valence electrons. The minimum absolute atomic E-state index is 0.143. The van der Waals surface area contributed by atoms with Crippen LogP contribution >= 0.6 is 27.5 Å². The Morgan fingerprint density at radius 1 is 1.42 bits per heavy atom. The maximum atomic E-state index is 12.2. The van der Waals surface area contributed by atoms with Crippen LogP contribution in [0, 0.1) is 0 Å². The normalized spacial score (nSPS) is 13.8. The molecule has 1 fully saturated rings. The quantitative estimate of drug-likeness (QED) is 0.784. The number of rotatable bonds is 4. The van der Waals surface area contributed by atoms with E-state index in [0.717, 1.165) is 11.3 Å². The van der Waals surface area contributed by atoms with Crippen LogP contribution in [0.3, 0.4) is 0 Å². The van der Waals surface area contributed by atoms with Crippen molar-refractivity contribution in [1.82, 2.24) is 10.3 Å². The molecule has 8 heteroatoms. The molecule has 1 saturated heterocycles. The molecule has 1 aliphatic heterocycles. The Hall–Kier alpha value is -2.12. The number of nitrogens with one attached hydrogen (secondary N) is 1. The minimum atomic E-state index is -0.358. The van der Waals surface area contributed by atoms with Gasteiger partial charge < -0.3 is 10.1 Å². The highest BCUT2D eigenvalue weighted by molar-refractivity contribution is 9.10. The van der Waals surface area contributed by atoms with Crippen molar-refractivity contribution in [3.63, 3.8) is 0 Å². The third kappa shape index (κ3) is 3.68. The molecule has 24 heavy (non-hydrogen) atoms. The van der Waals surface area contributed by atoms with Crippen LogP contribution in [0.15, 0.2) is 41.0 Å². The van der Waals surface area contributed by atoms with Crippen molar-refractivity contribution in [1.29, 1.82) is 0 Å². The number of benzene rings is 1. The first-order valence-electron chi connectivity index (χ1n) is 7.17. The molecule has 1 aliphatic rings. The number of carbonyl (C=O) groups excluding carboxylic acids is 2. The lowest BCUT2D eigenvalue weighted by molar-refractivity contribution is 0.0950. The Bertz CT molecular complexity index is 800. The molecule has 2 aromatic rings. The fourth-order valence-corrected chi connectivity index (χ4v) is 2.84. The largest absolute Gasteiger partial charge is 0.447 e. The lowest BCUT2D eigenvalue weighted by Gasteiger charge is -2.14. The maximum Gasteiger partial charge on any atom is 0.414 e. The fourth-order valence-electron chi connectivity index (χ4n) is 2.32. The van der Waals surface area contributed by atoms with Gasteiger partial charge in [0.1, 0.15) is 11.8 Å². The van der Waals surface area contributed by atoms with Crippen molar-refractivity contribution >= 4 is 45.2 Å². The van der Waals surface area contributed by atoms with E-state index in [9.17, 15) is 9.59 Å². The van der Waals surface area contributed by atoms with Gasteiger partial charge in [0.2, 0.25) is 0 Å². The van der Waals surface area contributed by atoms with E-state index in [-0.39, 0.29) is 17.2 Å². The van der Waals surface area contributed by atoms with Crippen LogP contribution in [0.25, 0.3) is 0 Å². The van der Waals surface area contributed by atoms with E-state index in [1.54, 1.807) is 11.0 Å². The Balaban J connectivity index is 1.69. The number of amides is 2. The highest BCUT2D eigenvalue weighted by Crippen LogP contribution is 2.21. The number of ether oxygens (including phenoxy) is 1. The molecule has 0 unspecified atom stereocenters. The number of aromatic nitrogens is 1. The molecular formula is C16H13BrClN3O3. The first-order chi connectivity index (χ1) is 11.5. The predicted molar refractivity (Wildman–Crippen MR) is 93.3 cm³/mol. The topological polar surface area (TPSA) is 71.5 Å². The number of hydrogen-bond acceptors (Lipinski definition) is 4. The molecule has 1 aromatic heterocycles. The zero-order chi connectivity index (χ0) is 17.1. The number of pyridine rings is 1. The number of nitrogens with zero attached hydrogens (tertiary/aromatic N) is 2. The van der Waals surface area contributed by atoms with Gasteiger partial charge in [-0.3, -0.25) is 9.69 Å². The van der Waals surface area contributed by atoms with Gasteiger partial charge in [-0.25, -0.2) is 9.78 Å². The molecule has 2 amide bonds. The highest BCUT2D eigenvalue weighted by Gasteiger charge is 2.23. The summed E-state index contributed by atoms with van der Waals surface area (Å²) in [5.41, 5.74) is 1.90. The van der Waals surface area contributed by atoms with E-state index in [2.05, 4.69) is 26.2 Å². The van der Waals surface area contributed by atoms with Crippen LogP contribution in [-0.2, 0) is 11.3 Å². The molecule has 0 saturated carbocycles. The SMILES string of the molecule is O=C(NCc1cccc(N2CCOC2=O)c1)c1cc(Br)cnc1Cl. The van der Waals surface area contributed by atoms with Gasteiger partial charge >= 0.3 is 6.09 Å². The highest BCUT2D eigenvalue weighted by atomic mass is 79.9. The van der Waals surface area contributed by atoms with Crippen LogP contribution in [0.5, 0.6) is 0 Å². The molecule has 0 aliphatic carbocycles. The van der Waals surface area contributed by atoms with Crippen molar-refractivity contribution in [2.45, 2.75) is 6.54 Å². The number of anilines is 1. The Labute approximate surface area is 151 Å². The first-order valence-corrected chi connectivity index (χ1v) is 8.34.